The van der Waals surface area contributed by atoms with Gasteiger partial charge in [-0.05, 0) is 12.3 Å². The maximum Gasteiger partial charge on any atom is 0.230 e. The SMILES string of the molecule is CC(=O)NNCCC1CCCCC1. The van der Waals surface area contributed by atoms with E-state index >= 15 is 0 Å². The number of hydrazine groups is 1. The highest BCUT2D eigenvalue weighted by molar-refractivity contribution is 5.72. The fourth-order valence-corrected chi connectivity index (χ4v) is 1.94. The first-order valence-corrected chi connectivity index (χ1v) is 5.28. The van der Waals surface area contributed by atoms with E-state index in [1.807, 2.05) is 0 Å². The van der Waals surface area contributed by atoms with Gasteiger partial charge in [-0.2, -0.15) is 0 Å². The van der Waals surface area contributed by atoms with Gasteiger partial charge >= 0.3 is 0 Å². The number of nitrogens with one attached hydrogen (secondary N) is 2. The minimum Gasteiger partial charge on any atom is -0.292 e. The highest BCUT2D eigenvalue weighted by atomic mass is 16.2. The van der Waals surface area contributed by atoms with Gasteiger partial charge in [-0.1, -0.05) is 32.1 Å². The summed E-state index contributed by atoms with van der Waals surface area (Å²) in [4.78, 5) is 10.5. The molecule has 13 heavy (non-hydrogen) atoms. The summed E-state index contributed by atoms with van der Waals surface area (Å²) in [5.74, 6) is 0.874. The van der Waals surface area contributed by atoms with Gasteiger partial charge in [-0.3, -0.25) is 10.2 Å². The number of carbonyl (C=O) groups excluding carboxylic acids is 1. The summed E-state index contributed by atoms with van der Waals surface area (Å²) in [5, 5.41) is 0. The molecule has 0 aromatic heterocycles. The first kappa shape index (κ1) is 10.5. The van der Waals surface area contributed by atoms with Crippen LogP contribution < -0.4 is 10.9 Å². The lowest BCUT2D eigenvalue weighted by atomic mass is 9.87. The second-order valence-electron chi connectivity index (χ2n) is 3.90. The van der Waals surface area contributed by atoms with Crippen molar-refractivity contribution in [3.8, 4) is 0 Å². The van der Waals surface area contributed by atoms with E-state index in [1.165, 1.54) is 45.4 Å². The summed E-state index contributed by atoms with van der Waals surface area (Å²) in [7, 11) is 0. The fraction of sp³-hybridized carbons (Fsp3) is 0.900. The minimum absolute atomic E-state index is 0.0105. The van der Waals surface area contributed by atoms with Crippen LogP contribution in [0.4, 0.5) is 0 Å². The first-order chi connectivity index (χ1) is 6.29. The van der Waals surface area contributed by atoms with Crippen molar-refractivity contribution >= 4 is 5.91 Å². The quantitative estimate of drug-likeness (QED) is 0.514. The number of rotatable bonds is 4. The zero-order valence-electron chi connectivity index (χ0n) is 8.44. The van der Waals surface area contributed by atoms with Crippen molar-refractivity contribution < 1.29 is 4.79 Å². The summed E-state index contributed by atoms with van der Waals surface area (Å²) in [6.45, 7) is 2.43. The van der Waals surface area contributed by atoms with Crippen molar-refractivity contribution in [1.82, 2.24) is 10.9 Å². The normalized spacial score (nSPS) is 18.5. The molecule has 1 fully saturated rings. The number of amides is 1. The predicted octanol–water partition coefficient (Wildman–Crippen LogP) is 1.60. The second-order valence-corrected chi connectivity index (χ2v) is 3.90. The van der Waals surface area contributed by atoms with Crippen LogP contribution in [0.2, 0.25) is 0 Å². The van der Waals surface area contributed by atoms with E-state index < -0.39 is 0 Å². The Morgan fingerprint density at radius 3 is 2.62 bits per heavy atom. The average Bonchev–Trinajstić information content (AvgIpc) is 2.14. The second kappa shape index (κ2) is 5.97. The lowest BCUT2D eigenvalue weighted by Gasteiger charge is -2.21. The summed E-state index contributed by atoms with van der Waals surface area (Å²) in [5.41, 5.74) is 5.53. The molecule has 76 valence electrons. The molecule has 0 saturated heterocycles. The van der Waals surface area contributed by atoms with Gasteiger partial charge in [0.25, 0.3) is 0 Å². The van der Waals surface area contributed by atoms with Crippen LogP contribution in [-0.4, -0.2) is 12.5 Å². The number of carbonyl (C=O) groups is 1. The largest absolute Gasteiger partial charge is 0.292 e. The Kier molecular flexibility index (Phi) is 4.83. The zero-order chi connectivity index (χ0) is 9.52. The van der Waals surface area contributed by atoms with Gasteiger partial charge in [0.05, 0.1) is 0 Å². The van der Waals surface area contributed by atoms with Gasteiger partial charge in [-0.15, -0.1) is 0 Å². The lowest BCUT2D eigenvalue weighted by molar-refractivity contribution is -0.119. The summed E-state index contributed by atoms with van der Waals surface area (Å²) >= 11 is 0. The molecule has 0 atom stereocenters. The molecule has 0 aromatic rings. The molecule has 3 heteroatoms. The molecular weight excluding hydrogens is 164 g/mol. The van der Waals surface area contributed by atoms with E-state index in [4.69, 9.17) is 0 Å². The Balaban J connectivity index is 1.95. The van der Waals surface area contributed by atoms with Gasteiger partial charge in [-0.25, -0.2) is 5.43 Å². The molecule has 1 saturated carbocycles. The molecule has 3 nitrogen and oxygen atoms in total. The van der Waals surface area contributed by atoms with Crippen LogP contribution in [-0.2, 0) is 4.79 Å². The van der Waals surface area contributed by atoms with Crippen molar-refractivity contribution in [1.29, 1.82) is 0 Å². The molecule has 0 unspecified atom stereocenters. The Bertz CT molecular complexity index is 153. The first-order valence-electron chi connectivity index (χ1n) is 5.28. The lowest BCUT2D eigenvalue weighted by Crippen LogP contribution is -2.36. The molecule has 1 rings (SSSR count). The van der Waals surface area contributed by atoms with E-state index in [1.54, 1.807) is 0 Å². The third-order valence-electron chi connectivity index (χ3n) is 2.67. The Hall–Kier alpha value is -0.570. The molecule has 1 aliphatic carbocycles. The molecule has 2 N–H and O–H groups in total. The Labute approximate surface area is 80.2 Å². The minimum atomic E-state index is -0.0105. The molecular formula is C10H20N2O. The Morgan fingerprint density at radius 1 is 1.31 bits per heavy atom. The standard InChI is InChI=1S/C10H20N2O/c1-9(13)12-11-8-7-10-5-3-2-4-6-10/h10-11H,2-8H2,1H3,(H,12,13). The van der Waals surface area contributed by atoms with Crippen molar-refractivity contribution in [2.75, 3.05) is 6.54 Å². The number of hydrogen-bond acceptors (Lipinski definition) is 2. The van der Waals surface area contributed by atoms with Crippen molar-refractivity contribution in [3.63, 3.8) is 0 Å². The van der Waals surface area contributed by atoms with Crippen molar-refractivity contribution in [3.05, 3.63) is 0 Å². The zero-order valence-corrected chi connectivity index (χ0v) is 8.44. The molecule has 0 spiro atoms. The van der Waals surface area contributed by atoms with E-state index in [2.05, 4.69) is 10.9 Å². The van der Waals surface area contributed by atoms with E-state index in [9.17, 15) is 4.79 Å². The third-order valence-corrected chi connectivity index (χ3v) is 2.67. The van der Waals surface area contributed by atoms with E-state index in [-0.39, 0.29) is 5.91 Å². The van der Waals surface area contributed by atoms with Crippen LogP contribution in [0.5, 0.6) is 0 Å². The maximum atomic E-state index is 10.5. The summed E-state index contributed by atoms with van der Waals surface area (Å²) in [6.07, 6.45) is 8.15. The van der Waals surface area contributed by atoms with Gasteiger partial charge in [0.2, 0.25) is 5.91 Å². The van der Waals surface area contributed by atoms with Crippen LogP contribution in [0.3, 0.4) is 0 Å². The molecule has 1 aliphatic rings. The average molecular weight is 184 g/mol. The smallest absolute Gasteiger partial charge is 0.230 e. The topological polar surface area (TPSA) is 41.1 Å². The van der Waals surface area contributed by atoms with Crippen LogP contribution in [0.15, 0.2) is 0 Å². The van der Waals surface area contributed by atoms with E-state index in [0.29, 0.717) is 0 Å². The molecule has 0 heterocycles. The van der Waals surface area contributed by atoms with Gasteiger partial charge in [0, 0.05) is 13.5 Å². The van der Waals surface area contributed by atoms with Crippen LogP contribution >= 0.6 is 0 Å². The summed E-state index contributed by atoms with van der Waals surface area (Å²) < 4.78 is 0. The van der Waals surface area contributed by atoms with Gasteiger partial charge < -0.3 is 0 Å². The van der Waals surface area contributed by atoms with Gasteiger partial charge in [0.1, 0.15) is 0 Å². The van der Waals surface area contributed by atoms with Gasteiger partial charge in [0.15, 0.2) is 0 Å². The highest BCUT2D eigenvalue weighted by Crippen LogP contribution is 2.25. The molecule has 0 bridgehead atoms. The summed E-state index contributed by atoms with van der Waals surface area (Å²) in [6, 6.07) is 0. The molecule has 1 amide bonds. The van der Waals surface area contributed by atoms with Crippen LogP contribution in [0.1, 0.15) is 45.4 Å². The van der Waals surface area contributed by atoms with Crippen molar-refractivity contribution in [2.24, 2.45) is 5.92 Å². The van der Waals surface area contributed by atoms with Crippen LogP contribution in [0.25, 0.3) is 0 Å². The predicted molar refractivity (Wildman–Crippen MR) is 53.0 cm³/mol. The highest BCUT2D eigenvalue weighted by Gasteiger charge is 2.12. The molecule has 0 aliphatic heterocycles. The maximum absolute atomic E-state index is 10.5. The molecule has 0 radical (unpaired) electrons. The molecule has 0 aromatic carbocycles. The fourth-order valence-electron chi connectivity index (χ4n) is 1.94. The van der Waals surface area contributed by atoms with E-state index in [0.717, 1.165) is 12.5 Å². The van der Waals surface area contributed by atoms with Crippen LogP contribution in [0, 0.1) is 5.92 Å². The third kappa shape index (κ3) is 4.88. The monoisotopic (exact) mass is 184 g/mol. The van der Waals surface area contributed by atoms with Crippen molar-refractivity contribution in [2.45, 2.75) is 45.4 Å². The number of hydrogen-bond donors (Lipinski definition) is 2. The Morgan fingerprint density at radius 2 is 2.00 bits per heavy atom.